The van der Waals surface area contributed by atoms with Gasteiger partial charge >= 0.3 is 5.97 Å². The van der Waals surface area contributed by atoms with Gasteiger partial charge in [0.1, 0.15) is 0 Å². The van der Waals surface area contributed by atoms with Crippen LogP contribution in [0.15, 0.2) is 36.4 Å². The number of benzene rings is 2. The van der Waals surface area contributed by atoms with E-state index >= 15 is 0 Å². The molecule has 0 bridgehead atoms. The van der Waals surface area contributed by atoms with Gasteiger partial charge in [-0.3, -0.25) is 9.69 Å². The molecule has 0 saturated carbocycles. The van der Waals surface area contributed by atoms with E-state index in [9.17, 15) is 9.90 Å². The molecule has 1 heterocycles. The van der Waals surface area contributed by atoms with Crippen LogP contribution in [0.25, 0.3) is 0 Å². The number of esters is 1. The minimum absolute atomic E-state index is 0.187. The third-order valence-electron chi connectivity index (χ3n) is 6.58. The summed E-state index contributed by atoms with van der Waals surface area (Å²) in [5.74, 6) is -0.190. The summed E-state index contributed by atoms with van der Waals surface area (Å²) in [6.07, 6.45) is 3.27. The second kappa shape index (κ2) is 13.6. The molecule has 3 atom stereocenters. The average molecular weight is 523 g/mol. The first-order valence-electron chi connectivity index (χ1n) is 12.5. The van der Waals surface area contributed by atoms with Gasteiger partial charge in [-0.15, -0.1) is 0 Å². The Labute approximate surface area is 219 Å². The Hall–Kier alpha value is -1.63. The molecular weight excluding hydrogens is 485 g/mol. The normalized spacial score (nSPS) is 17.9. The summed E-state index contributed by atoms with van der Waals surface area (Å²) in [6.45, 7) is 8.03. The molecule has 1 N–H and O–H groups in total. The van der Waals surface area contributed by atoms with Crippen molar-refractivity contribution >= 4 is 29.2 Å². The number of nitrogens with zero attached hydrogens (tertiary/aromatic N) is 1. The molecular formula is C28H37Cl2NO4. The minimum Gasteiger partial charge on any atom is -0.466 e. The first kappa shape index (κ1) is 27.9. The van der Waals surface area contributed by atoms with Gasteiger partial charge in [-0.25, -0.2) is 0 Å². The maximum absolute atomic E-state index is 11.8. The van der Waals surface area contributed by atoms with Gasteiger partial charge < -0.3 is 14.6 Å². The number of rotatable bonds is 12. The van der Waals surface area contributed by atoms with Gasteiger partial charge in [0.2, 0.25) is 0 Å². The van der Waals surface area contributed by atoms with Crippen LogP contribution in [0, 0.1) is 6.92 Å². The summed E-state index contributed by atoms with van der Waals surface area (Å²) < 4.78 is 11.2. The molecule has 0 aliphatic carbocycles. The lowest BCUT2D eigenvalue weighted by atomic mass is 9.97. The fraction of sp³-hybridized carbons (Fsp3) is 0.536. The molecule has 1 fully saturated rings. The number of hydrogen-bond donors (Lipinski definition) is 1. The van der Waals surface area contributed by atoms with Crippen LogP contribution in [0.5, 0.6) is 0 Å². The summed E-state index contributed by atoms with van der Waals surface area (Å²) in [4.78, 5) is 14.2. The number of aryl methyl sites for hydroxylation is 2. The predicted molar refractivity (Wildman–Crippen MR) is 141 cm³/mol. The summed E-state index contributed by atoms with van der Waals surface area (Å²) in [6, 6.07) is 12.4. The number of aliphatic hydroxyl groups excluding tert-OH is 1. The Bertz CT molecular complexity index is 983. The number of halogens is 2. The van der Waals surface area contributed by atoms with Crippen molar-refractivity contribution in [1.29, 1.82) is 0 Å². The smallest absolute Gasteiger partial charge is 0.306 e. The van der Waals surface area contributed by atoms with E-state index in [4.69, 9.17) is 32.7 Å². The van der Waals surface area contributed by atoms with E-state index < -0.39 is 6.10 Å². The SMILES string of the molecule is CCOC(=O)CCc1cc(C)ccc1C(C)OCC(O)CN1CCCC1Cc1ccc(Cl)c(Cl)c1. The van der Waals surface area contributed by atoms with Crippen molar-refractivity contribution in [3.05, 3.63) is 68.7 Å². The zero-order valence-corrected chi connectivity index (χ0v) is 22.4. The fourth-order valence-corrected chi connectivity index (χ4v) is 5.11. The Morgan fingerprint density at radius 1 is 1.20 bits per heavy atom. The highest BCUT2D eigenvalue weighted by atomic mass is 35.5. The lowest BCUT2D eigenvalue weighted by Crippen LogP contribution is -2.39. The topological polar surface area (TPSA) is 59.0 Å². The quantitative estimate of drug-likeness (QED) is 0.350. The van der Waals surface area contributed by atoms with Crippen molar-refractivity contribution in [2.24, 2.45) is 0 Å². The maximum Gasteiger partial charge on any atom is 0.306 e. The molecule has 5 nitrogen and oxygen atoms in total. The maximum atomic E-state index is 11.8. The first-order chi connectivity index (χ1) is 16.8. The third kappa shape index (κ3) is 8.47. The van der Waals surface area contributed by atoms with Crippen molar-refractivity contribution < 1.29 is 19.4 Å². The highest BCUT2D eigenvalue weighted by Crippen LogP contribution is 2.27. The Morgan fingerprint density at radius 2 is 2.00 bits per heavy atom. The lowest BCUT2D eigenvalue weighted by molar-refractivity contribution is -0.143. The first-order valence-corrected chi connectivity index (χ1v) is 13.2. The molecule has 7 heteroatoms. The summed E-state index contributed by atoms with van der Waals surface area (Å²) in [5.41, 5.74) is 4.43. The molecule has 0 aromatic heterocycles. The van der Waals surface area contributed by atoms with E-state index in [1.807, 2.05) is 39.0 Å². The van der Waals surface area contributed by atoms with E-state index in [-0.39, 0.29) is 18.7 Å². The van der Waals surface area contributed by atoms with Crippen LogP contribution in [-0.2, 0) is 27.1 Å². The van der Waals surface area contributed by atoms with Crippen LogP contribution in [0.2, 0.25) is 10.0 Å². The largest absolute Gasteiger partial charge is 0.466 e. The summed E-state index contributed by atoms with van der Waals surface area (Å²) in [7, 11) is 0. The highest BCUT2D eigenvalue weighted by molar-refractivity contribution is 6.42. The van der Waals surface area contributed by atoms with Gasteiger partial charge in [0.05, 0.1) is 35.5 Å². The molecule has 2 aromatic rings. The molecule has 1 aliphatic heterocycles. The molecule has 1 aliphatic rings. The monoisotopic (exact) mass is 521 g/mol. The van der Waals surface area contributed by atoms with Crippen LogP contribution in [0.1, 0.15) is 61.5 Å². The van der Waals surface area contributed by atoms with Crippen molar-refractivity contribution in [2.45, 2.75) is 71.1 Å². The molecule has 0 spiro atoms. The standard InChI is InChI=1S/C28H37Cl2NO4/c1-4-34-28(33)12-9-22-14-19(2)7-10-25(22)20(3)35-18-24(32)17-31-13-5-6-23(31)15-21-8-11-26(29)27(30)16-21/h7-8,10-11,14,16,20,23-24,32H,4-6,9,12-13,15,17-18H2,1-3H3. The molecule has 192 valence electrons. The predicted octanol–water partition coefficient (Wildman–Crippen LogP) is 5.94. The van der Waals surface area contributed by atoms with Gasteiger partial charge in [-0.2, -0.15) is 0 Å². The van der Waals surface area contributed by atoms with E-state index in [0.29, 0.717) is 42.1 Å². The summed E-state index contributed by atoms with van der Waals surface area (Å²) >= 11 is 12.2. The van der Waals surface area contributed by atoms with E-state index in [1.54, 1.807) is 0 Å². The summed E-state index contributed by atoms with van der Waals surface area (Å²) in [5, 5.41) is 11.9. The van der Waals surface area contributed by atoms with Crippen LogP contribution >= 0.6 is 23.2 Å². The van der Waals surface area contributed by atoms with E-state index in [2.05, 4.69) is 23.1 Å². The highest BCUT2D eigenvalue weighted by Gasteiger charge is 2.27. The Morgan fingerprint density at radius 3 is 2.74 bits per heavy atom. The van der Waals surface area contributed by atoms with Crippen molar-refractivity contribution in [1.82, 2.24) is 4.90 Å². The van der Waals surface area contributed by atoms with Gasteiger partial charge in [-0.1, -0.05) is 53.0 Å². The number of hydrogen-bond acceptors (Lipinski definition) is 5. The van der Waals surface area contributed by atoms with Gasteiger partial charge in [0, 0.05) is 19.0 Å². The van der Waals surface area contributed by atoms with E-state index in [1.165, 1.54) is 0 Å². The zero-order chi connectivity index (χ0) is 25.4. The molecule has 3 unspecified atom stereocenters. The molecule has 3 rings (SSSR count). The number of carbonyl (C=O) groups is 1. The van der Waals surface area contributed by atoms with Crippen LogP contribution < -0.4 is 0 Å². The van der Waals surface area contributed by atoms with Crippen LogP contribution in [0.3, 0.4) is 0 Å². The molecule has 2 aromatic carbocycles. The van der Waals surface area contributed by atoms with Gasteiger partial charge in [-0.05, 0) is 81.8 Å². The third-order valence-corrected chi connectivity index (χ3v) is 7.32. The zero-order valence-electron chi connectivity index (χ0n) is 20.9. The number of aliphatic hydroxyl groups is 1. The number of ether oxygens (including phenoxy) is 2. The Kier molecular flexibility index (Phi) is 10.9. The van der Waals surface area contributed by atoms with Crippen LogP contribution in [0.4, 0.5) is 0 Å². The average Bonchev–Trinajstić information content (AvgIpc) is 3.25. The van der Waals surface area contributed by atoms with E-state index in [0.717, 1.165) is 48.1 Å². The number of carbonyl (C=O) groups excluding carboxylic acids is 1. The Balaban J connectivity index is 1.53. The molecule has 0 amide bonds. The fourth-order valence-electron chi connectivity index (χ4n) is 4.79. The van der Waals surface area contributed by atoms with Crippen molar-refractivity contribution in [3.63, 3.8) is 0 Å². The number of β-amino-alcohol motifs (C(OH)–C–C–N with tert-alkyl or cyclic N) is 1. The van der Waals surface area contributed by atoms with Crippen molar-refractivity contribution in [3.8, 4) is 0 Å². The second-order valence-corrected chi connectivity index (χ2v) is 10.2. The molecule has 35 heavy (non-hydrogen) atoms. The lowest BCUT2D eigenvalue weighted by Gasteiger charge is -2.28. The van der Waals surface area contributed by atoms with Gasteiger partial charge in [0.15, 0.2) is 0 Å². The van der Waals surface area contributed by atoms with Crippen LogP contribution in [-0.4, -0.2) is 54.4 Å². The van der Waals surface area contributed by atoms with Gasteiger partial charge in [0.25, 0.3) is 0 Å². The molecule has 1 saturated heterocycles. The second-order valence-electron chi connectivity index (χ2n) is 9.38. The molecule has 0 radical (unpaired) electrons. The van der Waals surface area contributed by atoms with Crippen molar-refractivity contribution in [2.75, 3.05) is 26.3 Å². The minimum atomic E-state index is -0.583. The number of likely N-dealkylation sites (tertiary alicyclic amines) is 1.